The lowest BCUT2D eigenvalue weighted by atomic mass is 10.2. The van der Waals surface area contributed by atoms with Crippen LogP contribution < -0.4 is 9.47 Å². The highest BCUT2D eigenvalue weighted by molar-refractivity contribution is 9.10. The average molecular weight is 433 g/mol. The van der Waals surface area contributed by atoms with Gasteiger partial charge < -0.3 is 9.47 Å². The molecule has 1 aromatic heterocycles. The smallest absolute Gasteiger partial charge is 0.174 e. The van der Waals surface area contributed by atoms with Gasteiger partial charge >= 0.3 is 0 Å². The molecule has 7 heteroatoms. The normalized spacial score (nSPS) is 11.4. The summed E-state index contributed by atoms with van der Waals surface area (Å²) in [5.74, 6) is 1.22. The van der Waals surface area contributed by atoms with Gasteiger partial charge in [-0.15, -0.1) is 11.3 Å². The summed E-state index contributed by atoms with van der Waals surface area (Å²) in [5.41, 5.74) is 1.79. The predicted molar refractivity (Wildman–Crippen MR) is 106 cm³/mol. The number of ether oxygens (including phenoxy) is 2. The van der Waals surface area contributed by atoms with Gasteiger partial charge in [-0.3, -0.25) is 0 Å². The molecule has 0 aliphatic carbocycles. The number of para-hydroxylation sites is 1. The van der Waals surface area contributed by atoms with E-state index in [1.165, 1.54) is 11.8 Å². The van der Waals surface area contributed by atoms with Crippen LogP contribution in [0.25, 0.3) is 16.3 Å². The first-order valence-corrected chi connectivity index (χ1v) is 9.64. The van der Waals surface area contributed by atoms with Gasteiger partial charge in [-0.25, -0.2) is 4.98 Å². The number of methoxy groups -OCH3 is 2. The van der Waals surface area contributed by atoms with E-state index in [9.17, 15) is 5.26 Å². The van der Waals surface area contributed by atoms with Crippen LogP contribution in [0.15, 0.2) is 50.1 Å². The van der Waals surface area contributed by atoms with Crippen molar-refractivity contribution in [2.75, 3.05) is 14.2 Å². The molecule has 0 atom stereocenters. The topological polar surface area (TPSA) is 55.1 Å². The largest absolute Gasteiger partial charge is 0.493 e. The fraction of sp³-hybridized carbons (Fsp3) is 0.111. The number of fused-ring (bicyclic) bond motifs is 1. The Kier molecular flexibility index (Phi) is 5.63. The molecule has 25 heavy (non-hydrogen) atoms. The minimum atomic E-state index is 0.554. The van der Waals surface area contributed by atoms with Crippen LogP contribution in [-0.2, 0) is 0 Å². The second kappa shape index (κ2) is 7.91. The van der Waals surface area contributed by atoms with Crippen LogP contribution in [0, 0.1) is 11.3 Å². The fourth-order valence-electron chi connectivity index (χ4n) is 2.25. The van der Waals surface area contributed by atoms with E-state index in [2.05, 4.69) is 27.0 Å². The van der Waals surface area contributed by atoms with Crippen molar-refractivity contribution in [3.05, 3.63) is 51.3 Å². The highest BCUT2D eigenvalue weighted by atomic mass is 79.9. The molecule has 0 fully saturated rings. The van der Waals surface area contributed by atoms with Crippen molar-refractivity contribution in [1.29, 1.82) is 5.26 Å². The van der Waals surface area contributed by atoms with Crippen LogP contribution in [0.3, 0.4) is 0 Å². The van der Waals surface area contributed by atoms with Crippen molar-refractivity contribution in [3.8, 4) is 17.6 Å². The van der Waals surface area contributed by atoms with Crippen LogP contribution in [0.1, 0.15) is 5.56 Å². The minimum absolute atomic E-state index is 0.554. The van der Waals surface area contributed by atoms with Crippen molar-refractivity contribution < 1.29 is 9.47 Å². The van der Waals surface area contributed by atoms with Crippen LogP contribution in [-0.4, -0.2) is 19.2 Å². The Morgan fingerprint density at radius 1 is 1.28 bits per heavy atom. The molecule has 0 saturated heterocycles. The number of rotatable bonds is 5. The zero-order valence-corrected chi connectivity index (χ0v) is 16.7. The van der Waals surface area contributed by atoms with Crippen LogP contribution >= 0.6 is 39.0 Å². The number of hydrogen-bond donors (Lipinski definition) is 0. The molecule has 3 aromatic rings. The fourth-order valence-corrected chi connectivity index (χ4v) is 4.84. The Balaban J connectivity index is 1.92. The van der Waals surface area contributed by atoms with E-state index in [1.54, 1.807) is 25.6 Å². The maximum atomic E-state index is 9.49. The van der Waals surface area contributed by atoms with Gasteiger partial charge in [0.05, 0.1) is 33.8 Å². The second-order valence-corrected chi connectivity index (χ2v) is 8.08. The summed E-state index contributed by atoms with van der Waals surface area (Å²) in [4.78, 5) is 5.11. The van der Waals surface area contributed by atoms with Crippen molar-refractivity contribution in [3.63, 3.8) is 0 Å². The molecule has 4 nitrogen and oxygen atoms in total. The molecule has 0 radical (unpaired) electrons. The lowest BCUT2D eigenvalue weighted by molar-refractivity contribution is 0.353. The van der Waals surface area contributed by atoms with Gasteiger partial charge in [0.1, 0.15) is 6.07 Å². The molecule has 0 aliphatic heterocycles. The average Bonchev–Trinajstić information content (AvgIpc) is 3.02. The number of halogens is 1. The number of allylic oxidation sites excluding steroid dienone is 1. The first-order chi connectivity index (χ1) is 12.1. The maximum absolute atomic E-state index is 9.49. The Hall–Kier alpha value is -2.01. The van der Waals surface area contributed by atoms with Gasteiger partial charge in [0.15, 0.2) is 15.8 Å². The van der Waals surface area contributed by atoms with Crippen LogP contribution in [0.4, 0.5) is 0 Å². The van der Waals surface area contributed by atoms with Gasteiger partial charge in [-0.2, -0.15) is 5.26 Å². The number of thiazole rings is 1. The molecule has 0 N–H and O–H groups in total. The number of benzene rings is 2. The van der Waals surface area contributed by atoms with Crippen molar-refractivity contribution >= 4 is 55.3 Å². The molecule has 0 spiro atoms. The number of aromatic nitrogens is 1. The molecule has 0 aliphatic rings. The van der Waals surface area contributed by atoms with Gasteiger partial charge in [0, 0.05) is 0 Å². The number of nitriles is 1. The van der Waals surface area contributed by atoms with E-state index in [0.717, 1.165) is 24.6 Å². The molecular weight excluding hydrogens is 420 g/mol. The molecular formula is C18H13BrN2O2S2. The highest BCUT2D eigenvalue weighted by Crippen LogP contribution is 2.38. The third-order valence-corrected chi connectivity index (χ3v) is 5.95. The summed E-state index contributed by atoms with van der Waals surface area (Å²) in [6.07, 6.45) is 1.81. The monoisotopic (exact) mass is 432 g/mol. The van der Waals surface area contributed by atoms with E-state index < -0.39 is 0 Å². The third kappa shape index (κ3) is 3.98. The van der Waals surface area contributed by atoms with Crippen LogP contribution in [0.5, 0.6) is 11.5 Å². The Labute approximate surface area is 162 Å². The molecule has 126 valence electrons. The molecule has 0 unspecified atom stereocenters. The van der Waals surface area contributed by atoms with E-state index in [1.807, 2.05) is 42.5 Å². The Bertz CT molecular complexity index is 959. The summed E-state index contributed by atoms with van der Waals surface area (Å²) >= 11 is 6.40. The van der Waals surface area contributed by atoms with Gasteiger partial charge in [-0.05, 0) is 63.6 Å². The summed E-state index contributed by atoms with van der Waals surface area (Å²) < 4.78 is 13.4. The lowest BCUT2D eigenvalue weighted by Crippen LogP contribution is -1.92. The van der Waals surface area contributed by atoms with E-state index in [4.69, 9.17) is 9.47 Å². The predicted octanol–water partition coefficient (Wildman–Crippen LogP) is 5.73. The SMILES string of the molecule is COc1cc(C=C(C#N)Sc2nc3ccccc3s2)cc(Br)c1OC. The third-order valence-electron chi connectivity index (χ3n) is 3.34. The zero-order valence-electron chi connectivity index (χ0n) is 13.4. The van der Waals surface area contributed by atoms with Crippen molar-refractivity contribution in [2.24, 2.45) is 0 Å². The molecule has 1 heterocycles. The van der Waals surface area contributed by atoms with Gasteiger partial charge in [0.25, 0.3) is 0 Å². The second-order valence-electron chi connectivity index (χ2n) is 4.91. The van der Waals surface area contributed by atoms with E-state index in [-0.39, 0.29) is 0 Å². The summed E-state index contributed by atoms with van der Waals surface area (Å²) in [7, 11) is 3.17. The quantitative estimate of drug-likeness (QED) is 0.380. The number of hydrogen-bond acceptors (Lipinski definition) is 6. The summed E-state index contributed by atoms with van der Waals surface area (Å²) in [6, 6.07) is 13.9. The first kappa shape index (κ1) is 17.8. The van der Waals surface area contributed by atoms with Crippen molar-refractivity contribution in [2.45, 2.75) is 4.34 Å². The Morgan fingerprint density at radius 3 is 2.76 bits per heavy atom. The molecule has 2 aromatic carbocycles. The zero-order chi connectivity index (χ0) is 17.8. The summed E-state index contributed by atoms with van der Waals surface area (Å²) in [5, 5.41) is 9.49. The van der Waals surface area contributed by atoms with E-state index in [0.29, 0.717) is 16.4 Å². The number of thioether (sulfide) groups is 1. The molecule has 3 rings (SSSR count). The lowest BCUT2D eigenvalue weighted by Gasteiger charge is -2.10. The van der Waals surface area contributed by atoms with Crippen molar-refractivity contribution in [1.82, 2.24) is 4.98 Å². The van der Waals surface area contributed by atoms with Crippen LogP contribution in [0.2, 0.25) is 0 Å². The van der Waals surface area contributed by atoms with Gasteiger partial charge in [0.2, 0.25) is 0 Å². The van der Waals surface area contributed by atoms with Gasteiger partial charge in [-0.1, -0.05) is 12.1 Å². The minimum Gasteiger partial charge on any atom is -0.493 e. The Morgan fingerprint density at radius 2 is 2.08 bits per heavy atom. The molecule has 0 saturated carbocycles. The first-order valence-electron chi connectivity index (χ1n) is 7.21. The number of nitrogens with zero attached hydrogens (tertiary/aromatic N) is 2. The molecule has 0 bridgehead atoms. The van der Waals surface area contributed by atoms with E-state index >= 15 is 0 Å². The maximum Gasteiger partial charge on any atom is 0.174 e. The highest BCUT2D eigenvalue weighted by Gasteiger charge is 2.11. The summed E-state index contributed by atoms with van der Waals surface area (Å²) in [6.45, 7) is 0. The molecule has 0 amide bonds. The standard InChI is InChI=1S/C18H13BrN2O2S2/c1-22-15-9-11(8-13(19)17(15)23-2)7-12(10-20)24-18-21-14-5-3-4-6-16(14)25-18/h3-9H,1-2H3.